The van der Waals surface area contributed by atoms with E-state index in [4.69, 9.17) is 5.73 Å². The summed E-state index contributed by atoms with van der Waals surface area (Å²) in [7, 11) is -2.45. The maximum absolute atomic E-state index is 12.7. The van der Waals surface area contributed by atoms with Gasteiger partial charge in [0.25, 0.3) is 0 Å². The predicted octanol–water partition coefficient (Wildman–Crippen LogP) is 1.66. The van der Waals surface area contributed by atoms with Crippen molar-refractivity contribution < 1.29 is 8.96 Å². The molecular weight excluding hydrogens is 176 g/mol. The minimum absolute atomic E-state index is 0.393. The first-order valence-corrected chi connectivity index (χ1v) is 6.12. The van der Waals surface area contributed by atoms with E-state index in [1.54, 1.807) is 13.3 Å². The van der Waals surface area contributed by atoms with Gasteiger partial charge in [-0.05, 0) is 31.5 Å². The van der Waals surface area contributed by atoms with E-state index in [-0.39, 0.29) is 0 Å². The fourth-order valence-electron chi connectivity index (χ4n) is 0.983. The molecule has 0 aromatic heterocycles. The summed E-state index contributed by atoms with van der Waals surface area (Å²) >= 11 is 0. The Hall–Kier alpha value is -0.820. The zero-order valence-corrected chi connectivity index (χ0v) is 7.94. The molecule has 0 saturated heterocycles. The first-order valence-electron chi connectivity index (χ1n) is 3.52. The highest BCUT2D eigenvalue weighted by molar-refractivity contribution is 7.70. The Kier molecular flexibility index (Phi) is 2.25. The van der Waals surface area contributed by atoms with Crippen molar-refractivity contribution >= 4 is 18.1 Å². The third-order valence-corrected chi connectivity index (χ3v) is 3.12. The maximum atomic E-state index is 12.7. The number of nitrogens with two attached hydrogens (primary N) is 1. The zero-order chi connectivity index (χ0) is 9.35. The van der Waals surface area contributed by atoms with Gasteiger partial charge in [0.05, 0.1) is 0 Å². The third-order valence-electron chi connectivity index (χ3n) is 1.57. The highest BCUT2D eigenvalue weighted by Gasteiger charge is 2.14. The van der Waals surface area contributed by atoms with E-state index in [1.165, 1.54) is 18.2 Å². The van der Waals surface area contributed by atoms with Crippen molar-refractivity contribution in [2.75, 3.05) is 19.1 Å². The van der Waals surface area contributed by atoms with Crippen LogP contribution in [0, 0.1) is 5.82 Å². The van der Waals surface area contributed by atoms with Crippen LogP contribution in [0.1, 0.15) is 0 Å². The van der Waals surface area contributed by atoms with E-state index in [2.05, 4.69) is 0 Å². The van der Waals surface area contributed by atoms with Crippen molar-refractivity contribution in [1.82, 2.24) is 0 Å². The van der Waals surface area contributed by atoms with Crippen LogP contribution in [0.5, 0.6) is 0 Å². The topological polar surface area (TPSA) is 43.1 Å². The molecule has 0 aliphatic carbocycles. The molecule has 0 saturated carbocycles. The van der Waals surface area contributed by atoms with Crippen LogP contribution >= 0.6 is 7.14 Å². The Labute approximate surface area is 71.0 Å². The summed E-state index contributed by atoms with van der Waals surface area (Å²) < 4.78 is 24.2. The van der Waals surface area contributed by atoms with E-state index < -0.39 is 13.0 Å². The average molecular weight is 187 g/mol. The Bertz CT molecular complexity index is 345. The lowest BCUT2D eigenvalue weighted by atomic mass is 10.3. The molecule has 0 aliphatic heterocycles. The van der Waals surface area contributed by atoms with Crippen molar-refractivity contribution in [3.05, 3.63) is 24.0 Å². The molecule has 1 rings (SSSR count). The van der Waals surface area contributed by atoms with Gasteiger partial charge in [-0.25, -0.2) is 4.39 Å². The van der Waals surface area contributed by atoms with Crippen LogP contribution in [0.15, 0.2) is 18.2 Å². The largest absolute Gasteiger partial charge is 0.398 e. The van der Waals surface area contributed by atoms with Crippen molar-refractivity contribution in [3.63, 3.8) is 0 Å². The van der Waals surface area contributed by atoms with Gasteiger partial charge in [0, 0.05) is 11.0 Å². The number of nitrogen functional groups attached to an aromatic ring is 1. The van der Waals surface area contributed by atoms with Crippen LogP contribution in [0.4, 0.5) is 10.1 Å². The predicted molar refractivity (Wildman–Crippen MR) is 49.9 cm³/mol. The van der Waals surface area contributed by atoms with Gasteiger partial charge >= 0.3 is 0 Å². The second kappa shape index (κ2) is 2.91. The molecule has 0 radical (unpaired) electrons. The summed E-state index contributed by atoms with van der Waals surface area (Å²) in [5.41, 5.74) is 5.93. The van der Waals surface area contributed by atoms with Gasteiger partial charge in [0.1, 0.15) is 13.0 Å². The van der Waals surface area contributed by atoms with Crippen molar-refractivity contribution in [2.45, 2.75) is 0 Å². The van der Waals surface area contributed by atoms with Gasteiger partial charge in [-0.3, -0.25) is 0 Å². The van der Waals surface area contributed by atoms with E-state index in [9.17, 15) is 8.96 Å². The molecule has 1 aromatic carbocycles. The van der Waals surface area contributed by atoms with E-state index in [0.717, 1.165) is 0 Å². The summed E-state index contributed by atoms with van der Waals surface area (Å²) in [5, 5.41) is 0.419. The standard InChI is InChI=1S/C8H11FNOP/c1-12(2,11)8-5-6(9)3-4-7(8)10/h3-5H,10H2,1-2H3. The lowest BCUT2D eigenvalue weighted by molar-refractivity contribution is 0.587. The van der Waals surface area contributed by atoms with Crippen LogP contribution in [-0.2, 0) is 4.57 Å². The Morgan fingerprint density at radius 1 is 1.42 bits per heavy atom. The fourth-order valence-corrected chi connectivity index (χ4v) is 2.11. The molecule has 1 aromatic rings. The molecule has 66 valence electrons. The number of hydrogen-bond donors (Lipinski definition) is 1. The van der Waals surface area contributed by atoms with Crippen molar-refractivity contribution in [3.8, 4) is 0 Å². The second-order valence-corrected chi connectivity index (χ2v) is 6.24. The highest BCUT2D eigenvalue weighted by Crippen LogP contribution is 2.36. The smallest absolute Gasteiger partial charge is 0.124 e. The summed E-state index contributed by atoms with van der Waals surface area (Å²) in [5.74, 6) is -0.400. The number of rotatable bonds is 1. The van der Waals surface area contributed by atoms with E-state index in [1.807, 2.05) is 0 Å². The highest BCUT2D eigenvalue weighted by atomic mass is 31.2. The lowest BCUT2D eigenvalue weighted by Crippen LogP contribution is -2.10. The minimum Gasteiger partial charge on any atom is -0.398 e. The molecule has 0 unspecified atom stereocenters. The molecule has 2 N–H and O–H groups in total. The molecule has 0 heterocycles. The average Bonchev–Trinajstić information content (AvgIpc) is 1.92. The molecule has 0 bridgehead atoms. The number of anilines is 1. The van der Waals surface area contributed by atoms with Gasteiger partial charge in [0.2, 0.25) is 0 Å². The van der Waals surface area contributed by atoms with Gasteiger partial charge < -0.3 is 10.3 Å². The molecule has 0 spiro atoms. The first-order chi connectivity index (χ1) is 5.41. The zero-order valence-electron chi connectivity index (χ0n) is 7.04. The van der Waals surface area contributed by atoms with Crippen LogP contribution in [0.25, 0.3) is 0 Å². The van der Waals surface area contributed by atoms with Crippen LogP contribution in [0.2, 0.25) is 0 Å². The number of halogens is 1. The van der Waals surface area contributed by atoms with Gasteiger partial charge in [0.15, 0.2) is 0 Å². The van der Waals surface area contributed by atoms with Crippen LogP contribution in [-0.4, -0.2) is 13.3 Å². The normalized spacial score (nSPS) is 11.6. The molecule has 2 nitrogen and oxygen atoms in total. The number of benzene rings is 1. The minimum atomic E-state index is -2.45. The summed E-state index contributed by atoms with van der Waals surface area (Å²) in [6.45, 7) is 3.14. The van der Waals surface area contributed by atoms with Crippen LogP contribution in [0.3, 0.4) is 0 Å². The lowest BCUT2D eigenvalue weighted by Gasteiger charge is -2.09. The number of hydrogen-bond acceptors (Lipinski definition) is 2. The molecule has 0 fully saturated rings. The Balaban J connectivity index is 3.33. The Morgan fingerprint density at radius 2 is 2.00 bits per heavy atom. The summed E-state index contributed by atoms with van der Waals surface area (Å²) in [4.78, 5) is 0. The summed E-state index contributed by atoms with van der Waals surface area (Å²) in [6.07, 6.45) is 0. The van der Waals surface area contributed by atoms with Gasteiger partial charge in [-0.15, -0.1) is 0 Å². The van der Waals surface area contributed by atoms with Crippen molar-refractivity contribution in [1.29, 1.82) is 0 Å². The van der Waals surface area contributed by atoms with E-state index in [0.29, 0.717) is 11.0 Å². The molecule has 4 heteroatoms. The molecule has 0 amide bonds. The molecule has 0 atom stereocenters. The maximum Gasteiger partial charge on any atom is 0.124 e. The quantitative estimate of drug-likeness (QED) is 0.536. The molecule has 12 heavy (non-hydrogen) atoms. The van der Waals surface area contributed by atoms with Crippen LogP contribution < -0.4 is 11.0 Å². The van der Waals surface area contributed by atoms with E-state index >= 15 is 0 Å². The monoisotopic (exact) mass is 187 g/mol. The van der Waals surface area contributed by atoms with Gasteiger partial charge in [-0.2, -0.15) is 0 Å². The molecule has 0 aliphatic rings. The summed E-state index contributed by atoms with van der Waals surface area (Å²) in [6, 6.07) is 3.93. The second-order valence-electron chi connectivity index (χ2n) is 3.05. The first kappa shape index (κ1) is 9.27. The van der Waals surface area contributed by atoms with Crippen molar-refractivity contribution in [2.24, 2.45) is 0 Å². The molecular formula is C8H11FNOP. The SMILES string of the molecule is CP(C)(=O)c1cc(F)ccc1N. The fraction of sp³-hybridized carbons (Fsp3) is 0.250. The Morgan fingerprint density at radius 3 is 2.42 bits per heavy atom. The third kappa shape index (κ3) is 1.86. The van der Waals surface area contributed by atoms with Gasteiger partial charge in [-0.1, -0.05) is 0 Å².